The number of ether oxygens (including phenoxy) is 1. The van der Waals surface area contributed by atoms with Crippen molar-refractivity contribution in [1.82, 2.24) is 0 Å². The van der Waals surface area contributed by atoms with Crippen LogP contribution < -0.4 is 4.74 Å². The van der Waals surface area contributed by atoms with Gasteiger partial charge in [-0.3, -0.25) is 0 Å². The highest BCUT2D eigenvalue weighted by atomic mass is 35.5. The molecule has 2 aromatic carbocycles. The van der Waals surface area contributed by atoms with Gasteiger partial charge in [0, 0.05) is 22.6 Å². The lowest BCUT2D eigenvalue weighted by atomic mass is 10.1. The molecule has 0 saturated heterocycles. The summed E-state index contributed by atoms with van der Waals surface area (Å²) in [5.41, 5.74) is 3.01. The zero-order valence-electron chi connectivity index (χ0n) is 11.9. The van der Waals surface area contributed by atoms with Crippen molar-refractivity contribution < 1.29 is 9.84 Å². The van der Waals surface area contributed by atoms with E-state index in [9.17, 15) is 0 Å². The van der Waals surface area contributed by atoms with E-state index in [1.54, 1.807) is 0 Å². The van der Waals surface area contributed by atoms with Crippen LogP contribution in [-0.4, -0.2) is 11.7 Å². The molecule has 0 unspecified atom stereocenters. The Morgan fingerprint density at radius 3 is 2.57 bits per heavy atom. The Morgan fingerprint density at radius 2 is 1.90 bits per heavy atom. The number of halogens is 1. The van der Waals surface area contributed by atoms with E-state index in [0.29, 0.717) is 13.0 Å². The molecule has 1 N–H and O–H groups in total. The standard InChI is InChI=1S/C18H17ClO2/c1-14-5-8-16(18(19)12-14)13-21-17-9-6-15(7-10-17)4-2-3-11-20/h5-10,12,20H,3,11,13H2,1H3. The molecule has 2 aromatic rings. The Kier molecular flexibility index (Phi) is 5.68. The second-order valence-electron chi connectivity index (χ2n) is 4.68. The van der Waals surface area contributed by atoms with Crippen molar-refractivity contribution in [2.75, 3.05) is 6.61 Å². The van der Waals surface area contributed by atoms with Crippen molar-refractivity contribution in [2.24, 2.45) is 0 Å². The number of aryl methyl sites for hydroxylation is 1. The number of hydrogen-bond acceptors (Lipinski definition) is 2. The smallest absolute Gasteiger partial charge is 0.119 e. The first-order valence-electron chi connectivity index (χ1n) is 6.76. The summed E-state index contributed by atoms with van der Waals surface area (Å²) in [5, 5.41) is 9.40. The summed E-state index contributed by atoms with van der Waals surface area (Å²) < 4.78 is 5.72. The van der Waals surface area contributed by atoms with E-state index >= 15 is 0 Å². The molecule has 2 rings (SSSR count). The van der Waals surface area contributed by atoms with E-state index in [2.05, 4.69) is 11.8 Å². The van der Waals surface area contributed by atoms with Gasteiger partial charge in [-0.15, -0.1) is 0 Å². The van der Waals surface area contributed by atoms with Crippen LogP contribution in [0.15, 0.2) is 42.5 Å². The van der Waals surface area contributed by atoms with Gasteiger partial charge in [0.1, 0.15) is 12.4 Å². The molecule has 21 heavy (non-hydrogen) atoms. The van der Waals surface area contributed by atoms with Crippen LogP contribution in [-0.2, 0) is 6.61 Å². The average Bonchev–Trinajstić information content (AvgIpc) is 2.48. The lowest BCUT2D eigenvalue weighted by molar-refractivity contribution is 0.305. The molecule has 0 fully saturated rings. The summed E-state index contributed by atoms with van der Waals surface area (Å²) in [7, 11) is 0. The van der Waals surface area contributed by atoms with Crippen molar-refractivity contribution in [3.63, 3.8) is 0 Å². The molecular formula is C18H17ClO2. The molecule has 0 aromatic heterocycles. The maximum absolute atomic E-state index is 8.67. The van der Waals surface area contributed by atoms with E-state index < -0.39 is 0 Å². The molecule has 0 atom stereocenters. The van der Waals surface area contributed by atoms with Crippen molar-refractivity contribution in [3.8, 4) is 17.6 Å². The predicted octanol–water partition coefficient (Wildman–Crippen LogP) is 3.96. The summed E-state index contributed by atoms with van der Waals surface area (Å²) in [6.07, 6.45) is 0.490. The lowest BCUT2D eigenvalue weighted by Gasteiger charge is -2.08. The SMILES string of the molecule is Cc1ccc(COc2ccc(C#CCCO)cc2)c(Cl)c1. The fourth-order valence-electron chi connectivity index (χ4n) is 1.79. The molecule has 0 amide bonds. The summed E-state index contributed by atoms with van der Waals surface area (Å²) in [4.78, 5) is 0. The summed E-state index contributed by atoms with van der Waals surface area (Å²) in [6, 6.07) is 13.5. The highest BCUT2D eigenvalue weighted by molar-refractivity contribution is 6.31. The normalized spacial score (nSPS) is 9.86. The van der Waals surface area contributed by atoms with E-state index in [4.69, 9.17) is 21.4 Å². The molecule has 0 bridgehead atoms. The van der Waals surface area contributed by atoms with Crippen molar-refractivity contribution in [1.29, 1.82) is 0 Å². The van der Waals surface area contributed by atoms with Gasteiger partial charge in [0.25, 0.3) is 0 Å². The first-order valence-corrected chi connectivity index (χ1v) is 7.14. The maximum Gasteiger partial charge on any atom is 0.119 e. The van der Waals surface area contributed by atoms with Crippen LogP contribution in [0.2, 0.25) is 5.02 Å². The Morgan fingerprint density at radius 1 is 1.14 bits per heavy atom. The minimum Gasteiger partial charge on any atom is -0.489 e. The van der Waals surface area contributed by atoms with Gasteiger partial charge in [-0.25, -0.2) is 0 Å². The number of aliphatic hydroxyl groups is 1. The molecule has 2 nitrogen and oxygen atoms in total. The Bertz CT molecular complexity index is 651. The third kappa shape index (κ3) is 4.82. The van der Waals surface area contributed by atoms with Gasteiger partial charge in [-0.05, 0) is 42.8 Å². The third-order valence-electron chi connectivity index (χ3n) is 2.93. The number of hydrogen-bond donors (Lipinski definition) is 1. The zero-order chi connectivity index (χ0) is 15.1. The quantitative estimate of drug-likeness (QED) is 0.866. The first-order chi connectivity index (χ1) is 10.2. The second kappa shape index (κ2) is 7.73. The van der Waals surface area contributed by atoms with Gasteiger partial charge >= 0.3 is 0 Å². The van der Waals surface area contributed by atoms with Crippen LogP contribution in [0.5, 0.6) is 5.75 Å². The van der Waals surface area contributed by atoms with E-state index in [1.165, 1.54) is 0 Å². The van der Waals surface area contributed by atoms with Gasteiger partial charge in [0.05, 0.1) is 6.61 Å². The first kappa shape index (κ1) is 15.4. The monoisotopic (exact) mass is 300 g/mol. The molecule has 0 spiro atoms. The summed E-state index contributed by atoms with van der Waals surface area (Å²) in [6.45, 7) is 2.53. The number of aliphatic hydroxyl groups excluding tert-OH is 1. The highest BCUT2D eigenvalue weighted by Gasteiger charge is 2.01. The van der Waals surface area contributed by atoms with Crippen LogP contribution in [0, 0.1) is 18.8 Å². The van der Waals surface area contributed by atoms with E-state index in [1.807, 2.05) is 49.4 Å². The van der Waals surface area contributed by atoms with Crippen molar-refractivity contribution >= 4 is 11.6 Å². The minimum absolute atomic E-state index is 0.0888. The number of benzene rings is 2. The predicted molar refractivity (Wildman–Crippen MR) is 85.5 cm³/mol. The van der Waals surface area contributed by atoms with Crippen LogP contribution in [0.1, 0.15) is 23.1 Å². The Labute approximate surface area is 130 Å². The Hall–Kier alpha value is -1.95. The van der Waals surface area contributed by atoms with Gasteiger partial charge < -0.3 is 9.84 Å². The second-order valence-corrected chi connectivity index (χ2v) is 5.09. The van der Waals surface area contributed by atoms with Gasteiger partial charge in [-0.1, -0.05) is 35.6 Å². The molecule has 0 aliphatic heterocycles. The van der Waals surface area contributed by atoms with E-state index in [-0.39, 0.29) is 6.61 Å². The minimum atomic E-state index is 0.0888. The van der Waals surface area contributed by atoms with Crippen LogP contribution in [0.3, 0.4) is 0 Å². The fourth-order valence-corrected chi connectivity index (χ4v) is 2.08. The highest BCUT2D eigenvalue weighted by Crippen LogP contribution is 2.20. The maximum atomic E-state index is 8.67. The fraction of sp³-hybridized carbons (Fsp3) is 0.222. The molecule has 108 valence electrons. The molecular weight excluding hydrogens is 284 g/mol. The zero-order valence-corrected chi connectivity index (χ0v) is 12.7. The van der Waals surface area contributed by atoms with E-state index in [0.717, 1.165) is 27.5 Å². The third-order valence-corrected chi connectivity index (χ3v) is 3.28. The Balaban J connectivity index is 1.96. The molecule has 3 heteroatoms. The van der Waals surface area contributed by atoms with Gasteiger partial charge in [-0.2, -0.15) is 0 Å². The van der Waals surface area contributed by atoms with Gasteiger partial charge in [0.2, 0.25) is 0 Å². The van der Waals surface area contributed by atoms with Crippen molar-refractivity contribution in [2.45, 2.75) is 20.0 Å². The van der Waals surface area contributed by atoms with Gasteiger partial charge in [0.15, 0.2) is 0 Å². The molecule has 0 aliphatic rings. The summed E-state index contributed by atoms with van der Waals surface area (Å²) in [5.74, 6) is 6.64. The topological polar surface area (TPSA) is 29.5 Å². The van der Waals surface area contributed by atoms with Crippen LogP contribution in [0.4, 0.5) is 0 Å². The molecule has 0 heterocycles. The largest absolute Gasteiger partial charge is 0.489 e. The lowest BCUT2D eigenvalue weighted by Crippen LogP contribution is -1.96. The molecule has 0 aliphatic carbocycles. The number of rotatable bonds is 4. The van der Waals surface area contributed by atoms with Crippen molar-refractivity contribution in [3.05, 3.63) is 64.2 Å². The van der Waals surface area contributed by atoms with Crippen LogP contribution in [0.25, 0.3) is 0 Å². The van der Waals surface area contributed by atoms with Crippen LogP contribution >= 0.6 is 11.6 Å². The average molecular weight is 301 g/mol. The molecule has 0 saturated carbocycles. The summed E-state index contributed by atoms with van der Waals surface area (Å²) >= 11 is 6.17. The molecule has 0 radical (unpaired) electrons.